The molecular formula is C18H31F3N2O4S. The molecule has 1 aliphatic carbocycles. The van der Waals surface area contributed by atoms with Crippen LogP contribution in [0.4, 0.5) is 13.2 Å². The highest BCUT2D eigenvalue weighted by Gasteiger charge is 2.48. The number of hydrogen-bond acceptors (Lipinski definition) is 4. The molecule has 1 aliphatic heterocycles. The highest BCUT2D eigenvalue weighted by molar-refractivity contribution is 7.90. The number of amides is 1. The molecule has 0 radical (unpaired) electrons. The van der Waals surface area contributed by atoms with E-state index in [4.69, 9.17) is 4.74 Å². The van der Waals surface area contributed by atoms with E-state index >= 15 is 0 Å². The van der Waals surface area contributed by atoms with Crippen LogP contribution in [0.2, 0.25) is 0 Å². The quantitative estimate of drug-likeness (QED) is 0.706. The summed E-state index contributed by atoms with van der Waals surface area (Å²) in [6, 6.07) is -1.76. The van der Waals surface area contributed by atoms with E-state index in [1.165, 1.54) is 11.8 Å². The highest BCUT2D eigenvalue weighted by Crippen LogP contribution is 2.32. The zero-order valence-corrected chi connectivity index (χ0v) is 17.5. The average molecular weight is 429 g/mol. The molecule has 0 unspecified atom stereocenters. The third kappa shape index (κ3) is 5.82. The molecule has 2 fully saturated rings. The Hall–Kier alpha value is -0.870. The van der Waals surface area contributed by atoms with Crippen molar-refractivity contribution in [3.63, 3.8) is 0 Å². The number of carbonyl (C=O) groups is 1. The fourth-order valence-electron chi connectivity index (χ4n) is 4.21. The summed E-state index contributed by atoms with van der Waals surface area (Å²) in [4.78, 5) is 13.4. The lowest BCUT2D eigenvalue weighted by Gasteiger charge is -2.42. The zero-order chi connectivity index (χ0) is 21.1. The van der Waals surface area contributed by atoms with Gasteiger partial charge in [0.25, 0.3) is 0 Å². The van der Waals surface area contributed by atoms with E-state index in [0.717, 1.165) is 25.7 Å². The van der Waals surface area contributed by atoms with Crippen molar-refractivity contribution in [2.75, 3.05) is 13.2 Å². The molecule has 0 aromatic heterocycles. The fraction of sp³-hybridized carbons (Fsp3) is 0.944. The Bertz CT molecular complexity index is 631. The molecule has 2 aliphatic rings. The van der Waals surface area contributed by atoms with Gasteiger partial charge in [0.15, 0.2) is 0 Å². The van der Waals surface area contributed by atoms with Gasteiger partial charge in [0.2, 0.25) is 5.91 Å². The van der Waals surface area contributed by atoms with Crippen LogP contribution in [0.15, 0.2) is 0 Å². The molecule has 164 valence electrons. The topological polar surface area (TPSA) is 75.7 Å². The zero-order valence-electron chi connectivity index (χ0n) is 16.7. The minimum atomic E-state index is -5.48. The number of halogens is 3. The minimum Gasteiger partial charge on any atom is -0.376 e. The van der Waals surface area contributed by atoms with Crippen LogP contribution >= 0.6 is 0 Å². The largest absolute Gasteiger partial charge is 0.511 e. The molecule has 1 saturated carbocycles. The Morgan fingerprint density at radius 1 is 1.18 bits per heavy atom. The van der Waals surface area contributed by atoms with Gasteiger partial charge >= 0.3 is 15.5 Å². The maximum atomic E-state index is 12.8. The Morgan fingerprint density at radius 3 is 2.29 bits per heavy atom. The van der Waals surface area contributed by atoms with Crippen LogP contribution in [-0.4, -0.2) is 56.1 Å². The predicted octanol–water partition coefficient (Wildman–Crippen LogP) is 3.04. The molecular weight excluding hydrogens is 397 g/mol. The second kappa shape index (κ2) is 9.30. The number of piperidine rings is 1. The summed E-state index contributed by atoms with van der Waals surface area (Å²) in [7, 11) is -5.48. The SMILES string of the molecule is CC(=O)N1CCC[C@H](NS(=O)(=O)C(F)(F)F)[C@@H]1COC1CCC(C(C)C)CC1. The van der Waals surface area contributed by atoms with Crippen molar-refractivity contribution >= 4 is 15.9 Å². The first kappa shape index (κ1) is 23.4. The van der Waals surface area contributed by atoms with E-state index in [-0.39, 0.29) is 25.0 Å². The first-order valence-corrected chi connectivity index (χ1v) is 11.4. The third-order valence-corrected chi connectivity index (χ3v) is 7.18. The summed E-state index contributed by atoms with van der Waals surface area (Å²) in [5.74, 6) is 0.955. The van der Waals surface area contributed by atoms with Crippen LogP contribution in [0, 0.1) is 11.8 Å². The van der Waals surface area contributed by atoms with Gasteiger partial charge in [-0.25, -0.2) is 13.1 Å². The van der Waals surface area contributed by atoms with E-state index in [2.05, 4.69) is 13.8 Å². The normalized spacial score (nSPS) is 29.9. The summed E-state index contributed by atoms with van der Waals surface area (Å²) in [6.07, 6.45) is 4.46. The van der Waals surface area contributed by atoms with Gasteiger partial charge in [0.05, 0.1) is 18.8 Å². The van der Waals surface area contributed by atoms with E-state index in [1.807, 2.05) is 0 Å². The number of nitrogens with one attached hydrogen (secondary N) is 1. The van der Waals surface area contributed by atoms with Crippen LogP contribution in [-0.2, 0) is 19.6 Å². The molecule has 1 heterocycles. The predicted molar refractivity (Wildman–Crippen MR) is 98.8 cm³/mol. The summed E-state index contributed by atoms with van der Waals surface area (Å²) in [6.45, 7) is 6.13. The van der Waals surface area contributed by atoms with Crippen molar-refractivity contribution in [1.82, 2.24) is 9.62 Å². The molecule has 2 atom stereocenters. The molecule has 1 N–H and O–H groups in total. The standard InChI is InChI=1S/C18H31F3N2O4S/c1-12(2)14-6-8-15(9-7-14)27-11-17-16(5-4-10-23(17)13(3)24)22-28(25,26)18(19,20)21/h12,14-17,22H,4-11H2,1-3H3/t14?,15?,16-,17-/m0/s1. The van der Waals surface area contributed by atoms with Crippen molar-refractivity contribution in [3.8, 4) is 0 Å². The minimum absolute atomic E-state index is 0.00870. The number of ether oxygens (including phenoxy) is 1. The molecule has 10 heteroatoms. The van der Waals surface area contributed by atoms with Crippen molar-refractivity contribution < 1.29 is 31.1 Å². The second-order valence-electron chi connectivity index (χ2n) is 8.21. The molecule has 28 heavy (non-hydrogen) atoms. The highest BCUT2D eigenvalue weighted by atomic mass is 32.2. The van der Waals surface area contributed by atoms with Crippen LogP contribution in [0.3, 0.4) is 0 Å². The van der Waals surface area contributed by atoms with Gasteiger partial charge in [-0.2, -0.15) is 13.2 Å². The summed E-state index contributed by atoms with van der Waals surface area (Å²) in [5, 5.41) is 0. The molecule has 1 amide bonds. The van der Waals surface area contributed by atoms with Gasteiger partial charge in [-0.1, -0.05) is 13.8 Å². The van der Waals surface area contributed by atoms with Crippen molar-refractivity contribution in [1.29, 1.82) is 0 Å². The van der Waals surface area contributed by atoms with Gasteiger partial charge in [-0.05, 0) is 50.4 Å². The van der Waals surface area contributed by atoms with Gasteiger partial charge in [-0.15, -0.1) is 0 Å². The van der Waals surface area contributed by atoms with Crippen LogP contribution in [0.25, 0.3) is 0 Å². The van der Waals surface area contributed by atoms with Crippen LogP contribution in [0.5, 0.6) is 0 Å². The van der Waals surface area contributed by atoms with Crippen molar-refractivity contribution in [2.45, 2.75) is 83.0 Å². The molecule has 6 nitrogen and oxygen atoms in total. The number of likely N-dealkylation sites (tertiary alicyclic amines) is 1. The third-order valence-electron chi connectivity index (χ3n) is 5.96. The van der Waals surface area contributed by atoms with Gasteiger partial charge < -0.3 is 9.64 Å². The van der Waals surface area contributed by atoms with Gasteiger partial charge in [0, 0.05) is 19.5 Å². The Kier molecular flexibility index (Phi) is 7.77. The van der Waals surface area contributed by atoms with Crippen molar-refractivity contribution in [3.05, 3.63) is 0 Å². The van der Waals surface area contributed by atoms with E-state index in [0.29, 0.717) is 24.8 Å². The molecule has 0 bridgehead atoms. The van der Waals surface area contributed by atoms with Crippen molar-refractivity contribution in [2.24, 2.45) is 11.8 Å². The molecule has 0 aromatic carbocycles. The lowest BCUT2D eigenvalue weighted by Crippen LogP contribution is -2.60. The van der Waals surface area contributed by atoms with E-state index in [1.54, 1.807) is 4.72 Å². The van der Waals surface area contributed by atoms with Gasteiger partial charge in [0.1, 0.15) is 0 Å². The molecule has 0 spiro atoms. The number of hydrogen-bond donors (Lipinski definition) is 1. The summed E-state index contributed by atoms with van der Waals surface area (Å²) in [5.41, 5.74) is -5.38. The molecule has 0 aromatic rings. The lowest BCUT2D eigenvalue weighted by atomic mass is 9.80. The van der Waals surface area contributed by atoms with E-state index < -0.39 is 27.6 Å². The Morgan fingerprint density at radius 2 is 1.79 bits per heavy atom. The summed E-state index contributed by atoms with van der Waals surface area (Å²) < 4.78 is 69.2. The van der Waals surface area contributed by atoms with Crippen LogP contribution in [0.1, 0.15) is 59.3 Å². The van der Waals surface area contributed by atoms with Gasteiger partial charge in [-0.3, -0.25) is 4.79 Å². The first-order chi connectivity index (χ1) is 12.9. The first-order valence-electron chi connectivity index (χ1n) is 9.89. The monoisotopic (exact) mass is 428 g/mol. The summed E-state index contributed by atoms with van der Waals surface area (Å²) >= 11 is 0. The van der Waals surface area contributed by atoms with E-state index in [9.17, 15) is 26.4 Å². The number of carbonyl (C=O) groups excluding carboxylic acids is 1. The Labute approximate surface area is 165 Å². The maximum Gasteiger partial charge on any atom is 0.511 e. The second-order valence-corrected chi connectivity index (χ2v) is 9.92. The number of rotatable bonds is 6. The number of alkyl halides is 3. The fourth-order valence-corrected chi connectivity index (χ4v) is 5.02. The maximum absolute atomic E-state index is 12.8. The average Bonchev–Trinajstić information content (AvgIpc) is 2.59. The number of nitrogens with zero attached hydrogens (tertiary/aromatic N) is 1. The number of sulfonamides is 1. The Balaban J connectivity index is 2.04. The van der Waals surface area contributed by atoms with Crippen LogP contribution < -0.4 is 4.72 Å². The smallest absolute Gasteiger partial charge is 0.376 e. The molecule has 2 rings (SSSR count). The lowest BCUT2D eigenvalue weighted by molar-refractivity contribution is -0.136. The molecule has 1 saturated heterocycles.